The first kappa shape index (κ1) is 15.0. The minimum absolute atomic E-state index is 0.0672. The van der Waals surface area contributed by atoms with Crippen molar-refractivity contribution in [3.63, 3.8) is 0 Å². The Morgan fingerprint density at radius 1 is 1.40 bits per heavy atom. The number of fused-ring (bicyclic) bond motifs is 1. The van der Waals surface area contributed by atoms with E-state index in [1.165, 1.54) is 5.56 Å². The summed E-state index contributed by atoms with van der Waals surface area (Å²) < 4.78 is 0. The van der Waals surface area contributed by atoms with E-state index in [0.717, 1.165) is 18.5 Å². The molecule has 0 spiro atoms. The first-order valence-corrected chi connectivity index (χ1v) is 7.43. The monoisotopic (exact) mass is 274 g/mol. The van der Waals surface area contributed by atoms with E-state index in [-0.39, 0.29) is 23.4 Å². The van der Waals surface area contributed by atoms with Crippen molar-refractivity contribution in [3.8, 4) is 0 Å². The Bertz CT molecular complexity index is 490. The van der Waals surface area contributed by atoms with Crippen LogP contribution in [0.15, 0.2) is 24.3 Å². The number of benzene rings is 1. The Labute approximate surface area is 122 Å². The fourth-order valence-corrected chi connectivity index (χ4v) is 3.13. The molecule has 2 atom stereocenters. The standard InChI is InChI=1S/C17H26N2O/c1-12-9-13-7-5-6-8-15(13)19(12)16(20)10-14(18)11-17(2,3)4/h5-8,12,14H,9-11,18H2,1-4H3. The second-order valence-electron chi connectivity index (χ2n) is 7.17. The summed E-state index contributed by atoms with van der Waals surface area (Å²) >= 11 is 0. The highest BCUT2D eigenvalue weighted by molar-refractivity contribution is 5.96. The van der Waals surface area contributed by atoms with E-state index in [1.54, 1.807) is 0 Å². The zero-order valence-electron chi connectivity index (χ0n) is 13.0. The number of hydrogen-bond acceptors (Lipinski definition) is 2. The Balaban J connectivity index is 2.06. The molecular weight excluding hydrogens is 248 g/mol. The molecule has 0 saturated heterocycles. The highest BCUT2D eigenvalue weighted by Crippen LogP contribution is 2.32. The number of nitrogens with two attached hydrogens (primary N) is 1. The molecule has 1 aliphatic rings. The first-order chi connectivity index (χ1) is 9.28. The lowest BCUT2D eigenvalue weighted by Gasteiger charge is -2.27. The fraction of sp³-hybridized carbons (Fsp3) is 0.588. The predicted octanol–water partition coefficient (Wildman–Crippen LogP) is 3.12. The van der Waals surface area contributed by atoms with Crippen molar-refractivity contribution in [1.29, 1.82) is 0 Å². The summed E-state index contributed by atoms with van der Waals surface area (Å²) in [7, 11) is 0. The molecule has 1 heterocycles. The van der Waals surface area contributed by atoms with Crippen LogP contribution in [0.3, 0.4) is 0 Å². The van der Waals surface area contributed by atoms with Gasteiger partial charge in [-0.05, 0) is 36.8 Å². The van der Waals surface area contributed by atoms with Crippen molar-refractivity contribution in [1.82, 2.24) is 0 Å². The summed E-state index contributed by atoms with van der Waals surface area (Å²) in [5, 5.41) is 0. The van der Waals surface area contributed by atoms with Gasteiger partial charge in [0.15, 0.2) is 0 Å². The smallest absolute Gasteiger partial charge is 0.228 e. The van der Waals surface area contributed by atoms with Gasteiger partial charge in [0.25, 0.3) is 0 Å². The van der Waals surface area contributed by atoms with Gasteiger partial charge < -0.3 is 10.6 Å². The van der Waals surface area contributed by atoms with Crippen LogP contribution in [0.5, 0.6) is 0 Å². The van der Waals surface area contributed by atoms with Gasteiger partial charge in [-0.3, -0.25) is 4.79 Å². The number of para-hydroxylation sites is 1. The second-order valence-corrected chi connectivity index (χ2v) is 7.17. The first-order valence-electron chi connectivity index (χ1n) is 7.43. The molecule has 0 fully saturated rings. The van der Waals surface area contributed by atoms with Crippen LogP contribution in [0.4, 0.5) is 5.69 Å². The van der Waals surface area contributed by atoms with Gasteiger partial charge in [0.05, 0.1) is 0 Å². The quantitative estimate of drug-likeness (QED) is 0.920. The van der Waals surface area contributed by atoms with Crippen LogP contribution in [0.1, 0.15) is 46.1 Å². The topological polar surface area (TPSA) is 46.3 Å². The maximum absolute atomic E-state index is 12.6. The largest absolute Gasteiger partial charge is 0.327 e. The van der Waals surface area contributed by atoms with Crippen LogP contribution < -0.4 is 10.6 Å². The molecule has 1 aromatic rings. The van der Waals surface area contributed by atoms with E-state index in [1.807, 2.05) is 23.1 Å². The van der Waals surface area contributed by atoms with E-state index >= 15 is 0 Å². The predicted molar refractivity (Wildman–Crippen MR) is 83.8 cm³/mol. The van der Waals surface area contributed by atoms with Gasteiger partial charge in [-0.1, -0.05) is 39.0 Å². The van der Waals surface area contributed by atoms with Crippen molar-refractivity contribution in [2.75, 3.05) is 4.90 Å². The van der Waals surface area contributed by atoms with Crippen LogP contribution in [0.25, 0.3) is 0 Å². The van der Waals surface area contributed by atoms with E-state index in [4.69, 9.17) is 5.73 Å². The number of rotatable bonds is 3. The molecule has 0 saturated carbocycles. The van der Waals surface area contributed by atoms with Gasteiger partial charge in [0, 0.05) is 24.2 Å². The normalized spacial score (nSPS) is 19.9. The van der Waals surface area contributed by atoms with Crippen molar-refractivity contribution in [2.45, 2.75) is 59.0 Å². The highest BCUT2D eigenvalue weighted by atomic mass is 16.2. The third-order valence-corrected chi connectivity index (χ3v) is 3.79. The molecule has 0 bridgehead atoms. The third-order valence-electron chi connectivity index (χ3n) is 3.79. The van der Waals surface area contributed by atoms with E-state index < -0.39 is 0 Å². The second kappa shape index (κ2) is 5.57. The molecule has 3 nitrogen and oxygen atoms in total. The summed E-state index contributed by atoms with van der Waals surface area (Å²) in [6.45, 7) is 8.58. The van der Waals surface area contributed by atoms with Gasteiger partial charge in [0.2, 0.25) is 5.91 Å². The lowest BCUT2D eigenvalue weighted by Crippen LogP contribution is -2.40. The zero-order chi connectivity index (χ0) is 14.9. The summed E-state index contributed by atoms with van der Waals surface area (Å²) in [4.78, 5) is 14.5. The average molecular weight is 274 g/mol. The van der Waals surface area contributed by atoms with E-state index in [9.17, 15) is 4.79 Å². The number of hydrogen-bond donors (Lipinski definition) is 1. The summed E-state index contributed by atoms with van der Waals surface area (Å²) in [6.07, 6.45) is 2.23. The van der Waals surface area contributed by atoms with Crippen LogP contribution >= 0.6 is 0 Å². The van der Waals surface area contributed by atoms with Crippen LogP contribution in [0, 0.1) is 5.41 Å². The number of carbonyl (C=O) groups excluding carboxylic acids is 1. The van der Waals surface area contributed by atoms with Gasteiger partial charge in [0.1, 0.15) is 0 Å². The third kappa shape index (κ3) is 3.40. The molecule has 2 unspecified atom stereocenters. The number of amides is 1. The van der Waals surface area contributed by atoms with Crippen molar-refractivity contribution >= 4 is 11.6 Å². The molecule has 1 aliphatic heterocycles. The fourth-order valence-electron chi connectivity index (χ4n) is 3.13. The number of anilines is 1. The summed E-state index contributed by atoms with van der Waals surface area (Å²) in [6, 6.07) is 8.33. The lowest BCUT2D eigenvalue weighted by atomic mass is 9.87. The van der Waals surface area contributed by atoms with Gasteiger partial charge in [-0.15, -0.1) is 0 Å². The van der Waals surface area contributed by atoms with E-state index in [0.29, 0.717) is 6.42 Å². The zero-order valence-corrected chi connectivity index (χ0v) is 13.0. The van der Waals surface area contributed by atoms with Crippen LogP contribution in [-0.2, 0) is 11.2 Å². The van der Waals surface area contributed by atoms with Gasteiger partial charge >= 0.3 is 0 Å². The molecule has 2 N–H and O–H groups in total. The lowest BCUT2D eigenvalue weighted by molar-refractivity contribution is -0.119. The van der Waals surface area contributed by atoms with Crippen molar-refractivity contribution in [2.24, 2.45) is 11.1 Å². The molecule has 20 heavy (non-hydrogen) atoms. The van der Waals surface area contributed by atoms with Gasteiger partial charge in [-0.25, -0.2) is 0 Å². The molecule has 0 aliphatic carbocycles. The summed E-state index contributed by atoms with van der Waals surface area (Å²) in [5.41, 5.74) is 8.63. The Morgan fingerprint density at radius 2 is 2.05 bits per heavy atom. The SMILES string of the molecule is CC1Cc2ccccc2N1C(=O)CC(N)CC(C)(C)C. The minimum atomic E-state index is -0.0672. The summed E-state index contributed by atoms with van der Waals surface area (Å²) in [5.74, 6) is 0.152. The maximum Gasteiger partial charge on any atom is 0.228 e. The molecule has 2 rings (SSSR count). The molecule has 0 aromatic heterocycles. The molecular formula is C17H26N2O. The molecule has 1 aromatic carbocycles. The maximum atomic E-state index is 12.6. The van der Waals surface area contributed by atoms with Crippen molar-refractivity contribution < 1.29 is 4.79 Å². The Morgan fingerprint density at radius 3 is 2.70 bits per heavy atom. The van der Waals surface area contributed by atoms with Gasteiger partial charge in [-0.2, -0.15) is 0 Å². The minimum Gasteiger partial charge on any atom is -0.327 e. The molecule has 110 valence electrons. The Kier molecular flexibility index (Phi) is 4.19. The van der Waals surface area contributed by atoms with Crippen LogP contribution in [-0.4, -0.2) is 18.0 Å². The Hall–Kier alpha value is -1.35. The molecule has 3 heteroatoms. The van der Waals surface area contributed by atoms with Crippen molar-refractivity contribution in [3.05, 3.63) is 29.8 Å². The average Bonchev–Trinajstić information content (AvgIpc) is 2.61. The highest BCUT2D eigenvalue weighted by Gasteiger charge is 2.31. The number of nitrogens with zero attached hydrogens (tertiary/aromatic N) is 1. The van der Waals surface area contributed by atoms with Crippen LogP contribution in [0.2, 0.25) is 0 Å². The van der Waals surface area contributed by atoms with E-state index in [2.05, 4.69) is 33.8 Å². The molecule has 0 radical (unpaired) electrons. The molecule has 1 amide bonds. The number of carbonyl (C=O) groups is 1.